The van der Waals surface area contributed by atoms with Gasteiger partial charge >= 0.3 is 6.03 Å². The van der Waals surface area contributed by atoms with E-state index in [2.05, 4.69) is 24.2 Å². The molecule has 1 aromatic carbocycles. The highest BCUT2D eigenvalue weighted by Gasteiger charge is 2.44. The first-order valence-electron chi connectivity index (χ1n) is 10.3. The molecule has 1 unspecified atom stereocenters. The molecule has 3 N–H and O–H groups in total. The van der Waals surface area contributed by atoms with Crippen LogP contribution in [0.3, 0.4) is 0 Å². The van der Waals surface area contributed by atoms with Gasteiger partial charge in [0, 0.05) is 25.3 Å². The second-order valence-corrected chi connectivity index (χ2v) is 8.74. The fraction of sp³-hybridized carbons (Fsp3) is 0.571. The molecular weight excluding hydrogens is 365 g/mol. The molecule has 0 aliphatic carbocycles. The zero-order valence-corrected chi connectivity index (χ0v) is 17.5. The molecule has 0 aromatic heterocycles. The Labute approximate surface area is 174 Å². The second kappa shape index (κ2) is 8.47. The number of nitrogens with zero attached hydrogens (tertiary/aromatic N) is 3. The van der Waals surface area contributed by atoms with Crippen molar-refractivity contribution in [3.8, 4) is 0 Å². The summed E-state index contributed by atoms with van der Waals surface area (Å²) in [7, 11) is 5.76. The maximum absolute atomic E-state index is 12.9. The van der Waals surface area contributed by atoms with Crippen molar-refractivity contribution in [1.82, 2.24) is 9.80 Å². The minimum atomic E-state index is -0.754. The van der Waals surface area contributed by atoms with Crippen LogP contribution >= 0.6 is 0 Å². The first-order chi connectivity index (χ1) is 13.7. The summed E-state index contributed by atoms with van der Waals surface area (Å²) in [6.45, 7) is 7.87. The Morgan fingerprint density at radius 2 is 2.07 bits per heavy atom. The van der Waals surface area contributed by atoms with Crippen LogP contribution in [0.4, 0.5) is 10.5 Å². The second-order valence-electron chi connectivity index (χ2n) is 8.74. The van der Waals surface area contributed by atoms with Crippen LogP contribution in [-0.4, -0.2) is 60.7 Å². The number of aliphatic imine (C=N–C) groups is 1. The van der Waals surface area contributed by atoms with E-state index in [0.717, 1.165) is 12.8 Å². The summed E-state index contributed by atoms with van der Waals surface area (Å²) >= 11 is 0. The fourth-order valence-electron chi connectivity index (χ4n) is 4.26. The summed E-state index contributed by atoms with van der Waals surface area (Å²) in [4.78, 5) is 33.3. The van der Waals surface area contributed by atoms with Gasteiger partial charge < -0.3 is 16.0 Å². The number of nitrogens with one attached hydrogen (secondary N) is 1. The van der Waals surface area contributed by atoms with Crippen molar-refractivity contribution in [2.75, 3.05) is 25.0 Å². The Morgan fingerprint density at radius 1 is 1.38 bits per heavy atom. The summed E-state index contributed by atoms with van der Waals surface area (Å²) in [5.41, 5.74) is 6.63. The SMILES string of the molecule is [B]c1cccc(NC(=O)N2CCC(CN3C(=O)C(C)(CC(C)C)N=C3N)CC2)c1. The van der Waals surface area contributed by atoms with Crippen molar-refractivity contribution < 1.29 is 9.59 Å². The molecule has 3 amide bonds. The summed E-state index contributed by atoms with van der Waals surface area (Å²) in [5, 5.41) is 2.89. The van der Waals surface area contributed by atoms with Crippen LogP contribution in [0.1, 0.15) is 40.0 Å². The first-order valence-corrected chi connectivity index (χ1v) is 10.3. The Morgan fingerprint density at radius 3 is 2.69 bits per heavy atom. The van der Waals surface area contributed by atoms with E-state index < -0.39 is 5.54 Å². The lowest BCUT2D eigenvalue weighted by atomic mass is 9.90. The van der Waals surface area contributed by atoms with E-state index in [-0.39, 0.29) is 11.9 Å². The van der Waals surface area contributed by atoms with Crippen molar-refractivity contribution in [2.45, 2.75) is 45.6 Å². The number of hydrogen-bond acceptors (Lipinski definition) is 4. The van der Waals surface area contributed by atoms with Gasteiger partial charge in [-0.2, -0.15) is 0 Å². The molecule has 1 saturated heterocycles. The number of likely N-dealkylation sites (tertiary alicyclic amines) is 1. The minimum Gasteiger partial charge on any atom is -0.369 e. The number of anilines is 1. The zero-order chi connectivity index (χ0) is 21.2. The molecule has 29 heavy (non-hydrogen) atoms. The lowest BCUT2D eigenvalue weighted by Crippen LogP contribution is -2.48. The number of amides is 3. The number of benzene rings is 1. The van der Waals surface area contributed by atoms with Crippen molar-refractivity contribution in [1.29, 1.82) is 0 Å². The number of carbonyl (C=O) groups excluding carboxylic acids is 2. The number of piperidine rings is 1. The molecule has 154 valence electrons. The standard InChI is InChI=1S/C21H30BN5O2/c1-14(2)12-21(3)18(28)27(19(23)25-21)13-15-7-9-26(10-8-15)20(29)24-17-6-4-5-16(22)11-17/h4-6,11,14-15H,7-10,12-13H2,1-3H3,(H2,23,25)(H,24,29). The fourth-order valence-corrected chi connectivity index (χ4v) is 4.26. The molecule has 0 bridgehead atoms. The molecule has 0 spiro atoms. The summed E-state index contributed by atoms with van der Waals surface area (Å²) < 4.78 is 0. The third-order valence-electron chi connectivity index (χ3n) is 5.63. The average molecular weight is 395 g/mol. The monoisotopic (exact) mass is 395 g/mol. The summed E-state index contributed by atoms with van der Waals surface area (Å²) in [5.74, 6) is 0.971. The van der Waals surface area contributed by atoms with E-state index in [9.17, 15) is 9.59 Å². The van der Waals surface area contributed by atoms with Gasteiger partial charge in [-0.15, -0.1) is 0 Å². The summed E-state index contributed by atoms with van der Waals surface area (Å²) in [6.07, 6.45) is 2.33. The lowest BCUT2D eigenvalue weighted by molar-refractivity contribution is -0.131. The molecule has 1 atom stereocenters. The topological polar surface area (TPSA) is 91.0 Å². The molecule has 2 aliphatic heterocycles. The van der Waals surface area contributed by atoms with Crippen LogP contribution in [0.25, 0.3) is 0 Å². The van der Waals surface area contributed by atoms with Gasteiger partial charge in [-0.3, -0.25) is 9.69 Å². The van der Waals surface area contributed by atoms with Crippen molar-refractivity contribution in [3.05, 3.63) is 24.3 Å². The minimum absolute atomic E-state index is 0.00876. The maximum Gasteiger partial charge on any atom is 0.321 e. The predicted molar refractivity (Wildman–Crippen MR) is 116 cm³/mol. The quantitative estimate of drug-likeness (QED) is 0.744. The molecule has 1 fully saturated rings. The van der Waals surface area contributed by atoms with Crippen molar-refractivity contribution >= 4 is 36.9 Å². The highest BCUT2D eigenvalue weighted by Crippen LogP contribution is 2.30. The molecule has 2 heterocycles. The van der Waals surface area contributed by atoms with Gasteiger partial charge in [0.2, 0.25) is 0 Å². The molecular formula is C21H30BN5O2. The van der Waals surface area contributed by atoms with E-state index >= 15 is 0 Å². The highest BCUT2D eigenvalue weighted by molar-refractivity contribution is 6.32. The van der Waals surface area contributed by atoms with Gasteiger partial charge in [0.1, 0.15) is 13.4 Å². The van der Waals surface area contributed by atoms with Gasteiger partial charge in [0.25, 0.3) is 5.91 Å². The lowest BCUT2D eigenvalue weighted by Gasteiger charge is -2.34. The van der Waals surface area contributed by atoms with Crippen LogP contribution in [0, 0.1) is 11.8 Å². The number of hydrogen-bond donors (Lipinski definition) is 2. The highest BCUT2D eigenvalue weighted by atomic mass is 16.2. The van der Waals surface area contributed by atoms with Crippen LogP contribution in [0.15, 0.2) is 29.3 Å². The first kappa shape index (κ1) is 21.2. The van der Waals surface area contributed by atoms with Gasteiger partial charge in [-0.25, -0.2) is 9.79 Å². The molecule has 7 nitrogen and oxygen atoms in total. The van der Waals surface area contributed by atoms with Gasteiger partial charge in [0.05, 0.1) is 0 Å². The van der Waals surface area contributed by atoms with E-state index in [4.69, 9.17) is 13.6 Å². The van der Waals surface area contributed by atoms with Crippen LogP contribution in [0.2, 0.25) is 0 Å². The van der Waals surface area contributed by atoms with Crippen molar-refractivity contribution in [3.63, 3.8) is 0 Å². The number of nitrogens with two attached hydrogens (primary N) is 1. The number of urea groups is 1. The largest absolute Gasteiger partial charge is 0.369 e. The molecule has 2 aliphatic rings. The maximum atomic E-state index is 12.9. The Balaban J connectivity index is 1.52. The van der Waals surface area contributed by atoms with Gasteiger partial charge in [-0.05, 0) is 50.2 Å². The van der Waals surface area contributed by atoms with Gasteiger partial charge in [0.15, 0.2) is 5.96 Å². The van der Waals surface area contributed by atoms with E-state index in [1.807, 2.05) is 19.1 Å². The van der Waals surface area contributed by atoms with Crippen LogP contribution in [-0.2, 0) is 4.79 Å². The Kier molecular flexibility index (Phi) is 6.20. The third kappa shape index (κ3) is 4.92. The van der Waals surface area contributed by atoms with Gasteiger partial charge in [-0.1, -0.05) is 31.4 Å². The Hall–Kier alpha value is -2.51. The third-order valence-corrected chi connectivity index (χ3v) is 5.63. The number of guanidine groups is 1. The average Bonchev–Trinajstić information content (AvgIpc) is 2.84. The van der Waals surface area contributed by atoms with Crippen molar-refractivity contribution in [2.24, 2.45) is 22.6 Å². The molecule has 8 heteroatoms. The van der Waals surface area contributed by atoms with E-state index in [1.165, 1.54) is 0 Å². The number of rotatable bonds is 5. The predicted octanol–water partition coefficient (Wildman–Crippen LogP) is 1.69. The molecule has 2 radical (unpaired) electrons. The van der Waals surface area contributed by atoms with Crippen LogP contribution < -0.4 is 16.5 Å². The molecule has 1 aromatic rings. The number of carbonyl (C=O) groups is 2. The molecule has 3 rings (SSSR count). The zero-order valence-electron chi connectivity index (χ0n) is 17.5. The summed E-state index contributed by atoms with van der Waals surface area (Å²) in [6, 6.07) is 7.01. The smallest absolute Gasteiger partial charge is 0.321 e. The van der Waals surface area contributed by atoms with E-state index in [1.54, 1.807) is 21.9 Å². The van der Waals surface area contributed by atoms with E-state index in [0.29, 0.717) is 55.0 Å². The molecule has 0 saturated carbocycles. The Bertz CT molecular complexity index is 804. The normalized spacial score (nSPS) is 22.9. The van der Waals surface area contributed by atoms with Crippen LogP contribution in [0.5, 0.6) is 0 Å².